The number of halogens is 4. The Bertz CT molecular complexity index is 2220. The number of nitrogens with one attached hydrogen (secondary N) is 2. The Morgan fingerprint density at radius 3 is 1.69 bits per heavy atom. The van der Waals surface area contributed by atoms with Gasteiger partial charge in [0.15, 0.2) is 0 Å². The monoisotopic (exact) mass is 728 g/mol. The van der Waals surface area contributed by atoms with Crippen LogP contribution in [0.15, 0.2) is 122 Å². The van der Waals surface area contributed by atoms with Crippen LogP contribution >= 0.6 is 11.6 Å². The van der Waals surface area contributed by atoms with Gasteiger partial charge in [0.25, 0.3) is 0 Å². The first-order valence-corrected chi connectivity index (χ1v) is 15.6. The Morgan fingerprint density at radius 1 is 0.673 bits per heavy atom. The summed E-state index contributed by atoms with van der Waals surface area (Å²) < 4.78 is 48.7. The van der Waals surface area contributed by atoms with Crippen molar-refractivity contribution in [1.29, 1.82) is 0 Å². The summed E-state index contributed by atoms with van der Waals surface area (Å²) in [6.07, 6.45) is 2.91. The van der Waals surface area contributed by atoms with Gasteiger partial charge in [0, 0.05) is 12.4 Å². The molecular weight excluding hydrogens is 701 g/mol. The van der Waals surface area contributed by atoms with Gasteiger partial charge < -0.3 is 30.3 Å². The molecule has 52 heavy (non-hydrogen) atoms. The molecule has 4 N–H and O–H groups in total. The Balaban J connectivity index is 0.000000202. The fourth-order valence-electron chi connectivity index (χ4n) is 4.86. The number of ether oxygens (including phenoxy) is 2. The highest BCUT2D eigenvalue weighted by Crippen LogP contribution is 2.33. The highest BCUT2D eigenvalue weighted by Gasteiger charge is 2.15. The van der Waals surface area contributed by atoms with Crippen molar-refractivity contribution < 1.29 is 42.4 Å². The number of carbonyl (C=O) groups is 2. The van der Waals surface area contributed by atoms with Crippen LogP contribution in [0, 0.1) is 5.82 Å². The maximum absolute atomic E-state index is 14.5. The zero-order chi connectivity index (χ0) is 37.2. The molecule has 0 spiro atoms. The molecule has 0 aliphatic carbocycles. The van der Waals surface area contributed by atoms with E-state index < -0.39 is 24.4 Å². The number of hydrogen-bond acceptors (Lipinski definition) is 8. The zero-order valence-corrected chi connectivity index (χ0v) is 27.8. The maximum atomic E-state index is 14.5. The Kier molecular flexibility index (Phi) is 11.9. The molecule has 0 bridgehead atoms. The summed E-state index contributed by atoms with van der Waals surface area (Å²) >= 11 is 6.37. The van der Waals surface area contributed by atoms with E-state index >= 15 is 0 Å². The maximum Gasteiger partial charge on any atom is 0.387 e. The highest BCUT2D eigenvalue weighted by molar-refractivity contribution is 6.33. The standard InChI is InChI=1S/C19H15ClN2O3.C19H13F3N2O3/c1-25-14-5-2-4-12(10-14)13-7-8-17(16(20)11-13)22-18-15(19(23)24)6-3-9-21-18;20-15-10-12(11-3-1-4-13(9-11)27-19(21)22)6-7-16(15)24-17-14(18(25)26)5-2-8-23-17/h2-11H,1H3,(H,21,22)(H,23,24);1-10,19H,(H,23,24)(H,25,26). The average Bonchev–Trinajstić information content (AvgIpc) is 3.13. The van der Waals surface area contributed by atoms with Gasteiger partial charge in [0.1, 0.15) is 40.1 Å². The molecule has 0 aliphatic rings. The van der Waals surface area contributed by atoms with Gasteiger partial charge in [-0.2, -0.15) is 8.78 Å². The van der Waals surface area contributed by atoms with Gasteiger partial charge in [-0.25, -0.2) is 23.9 Å². The highest BCUT2D eigenvalue weighted by atomic mass is 35.5. The second kappa shape index (κ2) is 16.9. The minimum Gasteiger partial charge on any atom is -0.497 e. The van der Waals surface area contributed by atoms with Crippen molar-refractivity contribution in [2.24, 2.45) is 0 Å². The third-order valence-electron chi connectivity index (χ3n) is 7.32. The molecule has 2 heterocycles. The zero-order valence-electron chi connectivity index (χ0n) is 27.1. The number of carboxylic acids is 2. The molecule has 4 aromatic carbocycles. The first kappa shape index (κ1) is 36.7. The number of anilines is 4. The van der Waals surface area contributed by atoms with E-state index in [1.807, 2.05) is 36.4 Å². The van der Waals surface area contributed by atoms with Crippen LogP contribution in [0.4, 0.5) is 36.2 Å². The first-order valence-electron chi connectivity index (χ1n) is 15.2. The number of carboxylic acid groups (broad SMARTS) is 2. The van der Waals surface area contributed by atoms with E-state index in [4.69, 9.17) is 21.4 Å². The van der Waals surface area contributed by atoms with Crippen LogP contribution in [-0.2, 0) is 0 Å². The van der Waals surface area contributed by atoms with Gasteiger partial charge in [-0.05, 0) is 95.1 Å². The van der Waals surface area contributed by atoms with Crippen molar-refractivity contribution >= 4 is 46.6 Å². The van der Waals surface area contributed by atoms with Gasteiger partial charge in [-0.3, -0.25) is 0 Å². The molecule has 10 nitrogen and oxygen atoms in total. The molecule has 0 unspecified atom stereocenters. The lowest BCUT2D eigenvalue weighted by Crippen LogP contribution is -2.05. The fraction of sp³-hybridized carbons (Fsp3) is 0.0526. The van der Waals surface area contributed by atoms with Gasteiger partial charge in [-0.1, -0.05) is 48.0 Å². The second-order valence-corrected chi connectivity index (χ2v) is 11.1. The molecule has 0 fully saturated rings. The van der Waals surface area contributed by atoms with E-state index in [9.17, 15) is 27.9 Å². The van der Waals surface area contributed by atoms with E-state index in [2.05, 4.69) is 25.3 Å². The van der Waals surface area contributed by atoms with Crippen LogP contribution < -0.4 is 20.1 Å². The van der Waals surface area contributed by atoms with E-state index in [1.165, 1.54) is 60.9 Å². The van der Waals surface area contributed by atoms with Crippen LogP contribution in [0.5, 0.6) is 11.5 Å². The van der Waals surface area contributed by atoms with E-state index in [0.717, 1.165) is 16.9 Å². The number of pyridine rings is 2. The molecule has 264 valence electrons. The third-order valence-corrected chi connectivity index (χ3v) is 7.63. The molecular formula is C38H28ClF3N4O6. The van der Waals surface area contributed by atoms with Crippen LogP contribution in [0.2, 0.25) is 5.02 Å². The molecule has 6 aromatic rings. The molecule has 0 amide bonds. The van der Waals surface area contributed by atoms with Gasteiger partial charge in [0.05, 0.1) is 23.5 Å². The number of rotatable bonds is 11. The van der Waals surface area contributed by atoms with Crippen LogP contribution in [0.1, 0.15) is 20.7 Å². The lowest BCUT2D eigenvalue weighted by molar-refractivity contribution is -0.0498. The van der Waals surface area contributed by atoms with Gasteiger partial charge in [-0.15, -0.1) is 0 Å². The predicted octanol–water partition coefficient (Wildman–Crippen LogP) is 9.78. The number of methoxy groups -OCH3 is 1. The Morgan fingerprint density at radius 2 is 1.17 bits per heavy atom. The molecule has 0 radical (unpaired) electrons. The minimum absolute atomic E-state index is 0.00369. The number of hydrogen-bond donors (Lipinski definition) is 4. The molecule has 0 saturated carbocycles. The molecule has 0 atom stereocenters. The summed E-state index contributed by atoms with van der Waals surface area (Å²) in [5.41, 5.74) is 3.41. The van der Waals surface area contributed by atoms with Crippen molar-refractivity contribution in [1.82, 2.24) is 9.97 Å². The summed E-state index contributed by atoms with van der Waals surface area (Å²) in [7, 11) is 1.62. The normalized spacial score (nSPS) is 10.5. The van der Waals surface area contributed by atoms with Crippen LogP contribution in [0.3, 0.4) is 0 Å². The average molecular weight is 729 g/mol. The number of aromatic carboxylic acids is 2. The largest absolute Gasteiger partial charge is 0.497 e. The van der Waals surface area contributed by atoms with Crippen LogP contribution in [0.25, 0.3) is 22.3 Å². The molecule has 0 aliphatic heterocycles. The summed E-state index contributed by atoms with van der Waals surface area (Å²) in [4.78, 5) is 30.5. The lowest BCUT2D eigenvalue weighted by atomic mass is 10.0. The number of benzene rings is 4. The van der Waals surface area contributed by atoms with E-state index in [1.54, 1.807) is 31.4 Å². The number of alkyl halides is 2. The van der Waals surface area contributed by atoms with Gasteiger partial charge in [0.2, 0.25) is 0 Å². The predicted molar refractivity (Wildman–Crippen MR) is 191 cm³/mol. The smallest absolute Gasteiger partial charge is 0.387 e. The SMILES string of the molecule is COc1cccc(-c2ccc(Nc3ncccc3C(=O)O)c(Cl)c2)c1.O=C(O)c1cccnc1Nc1ccc(-c2cccc(OC(F)F)c2)cc1F. The van der Waals surface area contributed by atoms with Gasteiger partial charge >= 0.3 is 18.6 Å². The fourth-order valence-corrected chi connectivity index (χ4v) is 5.08. The van der Waals surface area contributed by atoms with E-state index in [0.29, 0.717) is 21.8 Å². The van der Waals surface area contributed by atoms with Crippen molar-refractivity contribution in [3.63, 3.8) is 0 Å². The van der Waals surface area contributed by atoms with Crippen molar-refractivity contribution in [3.05, 3.63) is 144 Å². The van der Waals surface area contributed by atoms with Crippen molar-refractivity contribution in [2.75, 3.05) is 17.7 Å². The molecule has 0 saturated heterocycles. The van der Waals surface area contributed by atoms with Crippen LogP contribution in [-0.4, -0.2) is 45.8 Å². The topological polar surface area (TPSA) is 143 Å². The quantitative estimate of drug-likeness (QED) is 0.102. The summed E-state index contributed by atoms with van der Waals surface area (Å²) in [6, 6.07) is 29.1. The summed E-state index contributed by atoms with van der Waals surface area (Å²) in [6.45, 7) is -2.95. The van der Waals surface area contributed by atoms with Crippen molar-refractivity contribution in [3.8, 4) is 33.8 Å². The minimum atomic E-state index is -2.95. The molecule has 14 heteroatoms. The molecule has 2 aromatic heterocycles. The summed E-state index contributed by atoms with van der Waals surface area (Å²) in [5, 5.41) is 24.5. The number of nitrogens with zero attached hydrogens (tertiary/aromatic N) is 2. The Hall–Kier alpha value is -6.60. The van der Waals surface area contributed by atoms with Crippen molar-refractivity contribution in [2.45, 2.75) is 6.61 Å². The number of aromatic nitrogens is 2. The lowest BCUT2D eigenvalue weighted by Gasteiger charge is -2.11. The Labute approximate surface area is 300 Å². The first-order chi connectivity index (χ1) is 25.0. The summed E-state index contributed by atoms with van der Waals surface area (Å²) in [5.74, 6) is -1.94. The third kappa shape index (κ3) is 9.34. The second-order valence-electron chi connectivity index (χ2n) is 10.7. The molecule has 6 rings (SSSR count). The van der Waals surface area contributed by atoms with E-state index in [-0.39, 0.29) is 34.2 Å².